The van der Waals surface area contributed by atoms with Gasteiger partial charge in [-0.25, -0.2) is 4.98 Å². The summed E-state index contributed by atoms with van der Waals surface area (Å²) in [6.07, 6.45) is 2.51. The number of carbonyl (C=O) groups is 2. The summed E-state index contributed by atoms with van der Waals surface area (Å²) >= 11 is 0. The Morgan fingerprint density at radius 3 is 2.36 bits per heavy atom. The van der Waals surface area contributed by atoms with Gasteiger partial charge in [0, 0.05) is 12.7 Å². The molecule has 6 heteroatoms. The maximum Gasteiger partial charge on any atom is 0.270 e. The van der Waals surface area contributed by atoms with E-state index in [2.05, 4.69) is 20.6 Å². The first-order valence-corrected chi connectivity index (χ1v) is 7.14. The molecule has 0 saturated carbocycles. The minimum absolute atomic E-state index is 0.208. The normalized spacial score (nSPS) is 10.0. The fourth-order valence-electron chi connectivity index (χ4n) is 1.78. The van der Waals surface area contributed by atoms with Crippen molar-refractivity contribution in [3.8, 4) is 0 Å². The Morgan fingerprint density at radius 2 is 1.73 bits per heavy atom. The number of pyridine rings is 2. The van der Waals surface area contributed by atoms with E-state index in [9.17, 15) is 9.59 Å². The van der Waals surface area contributed by atoms with Gasteiger partial charge in [-0.05, 0) is 30.7 Å². The molecule has 0 aromatic carbocycles. The molecule has 0 saturated heterocycles. The minimum Gasteiger partial charge on any atom is -0.351 e. The van der Waals surface area contributed by atoms with E-state index in [1.165, 1.54) is 0 Å². The summed E-state index contributed by atoms with van der Waals surface area (Å²) in [5.74, 6) is -0.614. The van der Waals surface area contributed by atoms with Crippen molar-refractivity contribution in [2.24, 2.45) is 0 Å². The fourth-order valence-corrected chi connectivity index (χ4v) is 1.78. The van der Waals surface area contributed by atoms with Gasteiger partial charge in [0.05, 0.1) is 12.2 Å². The van der Waals surface area contributed by atoms with Crippen LogP contribution < -0.4 is 10.6 Å². The largest absolute Gasteiger partial charge is 0.351 e. The van der Waals surface area contributed by atoms with Crippen molar-refractivity contribution < 1.29 is 9.59 Å². The highest BCUT2D eigenvalue weighted by atomic mass is 16.2. The third kappa shape index (κ3) is 4.37. The molecule has 0 fully saturated rings. The smallest absolute Gasteiger partial charge is 0.270 e. The van der Waals surface area contributed by atoms with Crippen molar-refractivity contribution in [1.82, 2.24) is 20.6 Å². The number of nitrogens with one attached hydrogen (secondary N) is 2. The lowest BCUT2D eigenvalue weighted by Gasteiger charge is -2.06. The van der Waals surface area contributed by atoms with Gasteiger partial charge in [-0.15, -0.1) is 0 Å². The fraction of sp³-hybridized carbons (Fsp3) is 0.250. The van der Waals surface area contributed by atoms with Crippen molar-refractivity contribution in [2.45, 2.75) is 19.9 Å². The van der Waals surface area contributed by atoms with Crippen molar-refractivity contribution in [2.75, 3.05) is 6.54 Å². The molecule has 2 amide bonds. The lowest BCUT2D eigenvalue weighted by atomic mass is 10.2. The first-order chi connectivity index (χ1) is 10.7. The van der Waals surface area contributed by atoms with E-state index in [0.717, 1.165) is 12.1 Å². The molecule has 0 aliphatic heterocycles. The monoisotopic (exact) mass is 298 g/mol. The topological polar surface area (TPSA) is 84.0 Å². The van der Waals surface area contributed by atoms with E-state index in [-0.39, 0.29) is 23.2 Å². The molecule has 2 N–H and O–H groups in total. The number of aromatic nitrogens is 2. The SMILES string of the molecule is CCCNC(=O)c1cccc(C(=O)NCc2ccccn2)n1. The van der Waals surface area contributed by atoms with Gasteiger partial charge in [0.1, 0.15) is 11.4 Å². The van der Waals surface area contributed by atoms with Crippen molar-refractivity contribution in [3.63, 3.8) is 0 Å². The van der Waals surface area contributed by atoms with Crippen molar-refractivity contribution in [1.29, 1.82) is 0 Å². The summed E-state index contributed by atoms with van der Waals surface area (Å²) in [4.78, 5) is 32.1. The summed E-state index contributed by atoms with van der Waals surface area (Å²) in [6, 6.07) is 10.3. The number of amides is 2. The van der Waals surface area contributed by atoms with Gasteiger partial charge >= 0.3 is 0 Å². The Labute approximate surface area is 129 Å². The van der Waals surface area contributed by atoms with E-state index < -0.39 is 0 Å². The molecule has 0 aliphatic carbocycles. The van der Waals surface area contributed by atoms with Crippen LogP contribution in [0.4, 0.5) is 0 Å². The number of rotatable bonds is 6. The molecular weight excluding hydrogens is 280 g/mol. The summed E-state index contributed by atoms with van der Waals surface area (Å²) < 4.78 is 0. The standard InChI is InChI=1S/C16H18N4O2/c1-2-9-18-15(21)13-7-5-8-14(20-13)16(22)19-11-12-6-3-4-10-17-12/h3-8,10H,2,9,11H2,1H3,(H,18,21)(H,19,22). The Balaban J connectivity index is 1.99. The van der Waals surface area contributed by atoms with Crippen LogP contribution in [-0.4, -0.2) is 28.3 Å². The van der Waals surface area contributed by atoms with Gasteiger partial charge in [-0.2, -0.15) is 0 Å². The van der Waals surface area contributed by atoms with Gasteiger partial charge in [0.2, 0.25) is 0 Å². The highest BCUT2D eigenvalue weighted by molar-refractivity contribution is 5.96. The van der Waals surface area contributed by atoms with E-state index >= 15 is 0 Å². The van der Waals surface area contributed by atoms with Crippen LogP contribution in [0.2, 0.25) is 0 Å². The molecule has 2 aromatic heterocycles. The molecule has 22 heavy (non-hydrogen) atoms. The lowest BCUT2D eigenvalue weighted by Crippen LogP contribution is -2.28. The van der Waals surface area contributed by atoms with Crippen LogP contribution >= 0.6 is 0 Å². The van der Waals surface area contributed by atoms with Crippen LogP contribution in [0.3, 0.4) is 0 Å². The molecule has 114 valence electrons. The van der Waals surface area contributed by atoms with Crippen LogP contribution in [0.1, 0.15) is 40.0 Å². The van der Waals surface area contributed by atoms with Crippen molar-refractivity contribution in [3.05, 3.63) is 59.7 Å². The van der Waals surface area contributed by atoms with Crippen molar-refractivity contribution >= 4 is 11.8 Å². The number of hydrogen-bond donors (Lipinski definition) is 2. The molecule has 0 aliphatic rings. The summed E-state index contributed by atoms with van der Waals surface area (Å²) in [5.41, 5.74) is 1.20. The first-order valence-electron chi connectivity index (χ1n) is 7.14. The van der Waals surface area contributed by atoms with E-state index in [1.807, 2.05) is 25.1 Å². The summed E-state index contributed by atoms with van der Waals surface area (Å²) in [5, 5.41) is 5.46. The quantitative estimate of drug-likeness (QED) is 0.847. The molecule has 2 aromatic rings. The molecule has 0 radical (unpaired) electrons. The number of hydrogen-bond acceptors (Lipinski definition) is 4. The zero-order valence-electron chi connectivity index (χ0n) is 12.4. The first kappa shape index (κ1) is 15.6. The van der Waals surface area contributed by atoms with Gasteiger partial charge in [0.15, 0.2) is 0 Å². The Morgan fingerprint density at radius 1 is 1.00 bits per heavy atom. The average Bonchev–Trinajstić information content (AvgIpc) is 2.58. The predicted molar refractivity (Wildman–Crippen MR) is 82.3 cm³/mol. The molecule has 0 unspecified atom stereocenters. The van der Waals surface area contributed by atoms with E-state index in [0.29, 0.717) is 13.1 Å². The summed E-state index contributed by atoms with van der Waals surface area (Å²) in [6.45, 7) is 2.86. The van der Waals surface area contributed by atoms with Crippen LogP contribution in [0.5, 0.6) is 0 Å². The number of carbonyl (C=O) groups excluding carboxylic acids is 2. The van der Waals surface area contributed by atoms with Crippen LogP contribution in [-0.2, 0) is 6.54 Å². The Kier molecular flexibility index (Phi) is 5.59. The maximum atomic E-state index is 12.1. The second kappa shape index (κ2) is 7.87. The molecule has 0 bridgehead atoms. The van der Waals surface area contributed by atoms with Crippen LogP contribution in [0.15, 0.2) is 42.6 Å². The second-order valence-corrected chi connectivity index (χ2v) is 4.67. The third-order valence-electron chi connectivity index (χ3n) is 2.91. The highest BCUT2D eigenvalue weighted by Crippen LogP contribution is 2.01. The van der Waals surface area contributed by atoms with Gasteiger partial charge in [0.25, 0.3) is 11.8 Å². The van der Waals surface area contributed by atoms with E-state index in [4.69, 9.17) is 0 Å². The van der Waals surface area contributed by atoms with Gasteiger partial charge in [-0.1, -0.05) is 19.1 Å². The minimum atomic E-state index is -0.337. The molecule has 2 rings (SSSR count). The predicted octanol–water partition coefficient (Wildman–Crippen LogP) is 1.55. The average molecular weight is 298 g/mol. The van der Waals surface area contributed by atoms with Crippen LogP contribution in [0.25, 0.3) is 0 Å². The second-order valence-electron chi connectivity index (χ2n) is 4.67. The molecular formula is C16H18N4O2. The molecule has 0 atom stereocenters. The zero-order chi connectivity index (χ0) is 15.8. The molecule has 0 spiro atoms. The zero-order valence-corrected chi connectivity index (χ0v) is 12.4. The molecule has 2 heterocycles. The Hall–Kier alpha value is -2.76. The van der Waals surface area contributed by atoms with Crippen LogP contribution in [0, 0.1) is 0 Å². The molecule has 6 nitrogen and oxygen atoms in total. The van der Waals surface area contributed by atoms with E-state index in [1.54, 1.807) is 24.4 Å². The third-order valence-corrected chi connectivity index (χ3v) is 2.91. The van der Waals surface area contributed by atoms with Gasteiger partial charge < -0.3 is 10.6 Å². The van der Waals surface area contributed by atoms with Gasteiger partial charge in [-0.3, -0.25) is 14.6 Å². The highest BCUT2D eigenvalue weighted by Gasteiger charge is 2.11. The number of nitrogens with zero attached hydrogens (tertiary/aromatic N) is 2. The maximum absolute atomic E-state index is 12.1. The summed E-state index contributed by atoms with van der Waals surface area (Å²) in [7, 11) is 0. The lowest BCUT2D eigenvalue weighted by molar-refractivity contribution is 0.0942. The Bertz CT molecular complexity index is 644.